The largest absolute Gasteiger partial charge is 0.444 e. The van der Waals surface area contributed by atoms with Crippen molar-refractivity contribution in [2.45, 2.75) is 69.4 Å². The zero-order chi connectivity index (χ0) is 29.5. The molecule has 2 N–H and O–H groups in total. The topological polar surface area (TPSA) is 96.7 Å². The van der Waals surface area contributed by atoms with E-state index in [0.29, 0.717) is 12.8 Å². The summed E-state index contributed by atoms with van der Waals surface area (Å²) in [5, 5.41) is 17.8. The third kappa shape index (κ3) is 5.81. The molecule has 11 heteroatoms. The zero-order valence-electron chi connectivity index (χ0n) is 23.1. The Morgan fingerprint density at radius 2 is 1.54 bits per heavy atom. The lowest BCUT2D eigenvalue weighted by Gasteiger charge is -2.35. The fourth-order valence-electron chi connectivity index (χ4n) is 5.63. The molecule has 5 rings (SSSR count). The highest BCUT2D eigenvalue weighted by Gasteiger charge is 2.55. The van der Waals surface area contributed by atoms with Gasteiger partial charge in [-0.3, -0.25) is 4.79 Å². The quantitative estimate of drug-likeness (QED) is 0.426. The number of benzene rings is 2. The van der Waals surface area contributed by atoms with Gasteiger partial charge in [0.15, 0.2) is 0 Å². The average Bonchev–Trinajstić information content (AvgIpc) is 3.27. The van der Waals surface area contributed by atoms with E-state index in [4.69, 9.17) is 9.84 Å². The Morgan fingerprint density at radius 1 is 1.00 bits per heavy atom. The molecule has 3 aromatic rings. The van der Waals surface area contributed by atoms with E-state index in [0.717, 1.165) is 11.1 Å². The number of carbonyl (C=O) groups is 2. The number of hydrogen-bond acceptors (Lipinski definition) is 5. The van der Waals surface area contributed by atoms with Gasteiger partial charge in [0.05, 0.1) is 5.69 Å². The van der Waals surface area contributed by atoms with Gasteiger partial charge in [-0.1, -0.05) is 60.7 Å². The average molecular weight is 571 g/mol. The highest BCUT2D eigenvalue weighted by Crippen LogP contribution is 2.49. The molecule has 41 heavy (non-hydrogen) atoms. The molecule has 0 aliphatic carbocycles. The van der Waals surface area contributed by atoms with E-state index in [2.05, 4.69) is 5.32 Å². The molecule has 2 atom stereocenters. The third-order valence-electron chi connectivity index (χ3n) is 7.47. The van der Waals surface area contributed by atoms with E-state index >= 15 is 0 Å². The van der Waals surface area contributed by atoms with Crippen LogP contribution < -0.4 is 5.32 Å². The Bertz CT molecular complexity index is 1360. The summed E-state index contributed by atoms with van der Waals surface area (Å²) in [5.41, 5.74) is 0.793. The second-order valence-electron chi connectivity index (χ2n) is 11.5. The zero-order valence-corrected chi connectivity index (χ0v) is 23.1. The number of piperidine rings is 1. The summed E-state index contributed by atoms with van der Waals surface area (Å²) in [4.78, 5) is 26.9. The van der Waals surface area contributed by atoms with Gasteiger partial charge in [0, 0.05) is 24.6 Å². The second kappa shape index (κ2) is 10.8. The van der Waals surface area contributed by atoms with Gasteiger partial charge in [0.25, 0.3) is 5.91 Å². The van der Waals surface area contributed by atoms with E-state index in [1.807, 2.05) is 60.7 Å². The molecule has 1 saturated heterocycles. The molecule has 8 nitrogen and oxygen atoms in total. The van der Waals surface area contributed by atoms with Crippen LogP contribution in [0.5, 0.6) is 0 Å². The minimum absolute atomic E-state index is 0.0788. The highest BCUT2D eigenvalue weighted by atomic mass is 19.4. The molecule has 2 amide bonds. The lowest BCUT2D eigenvalue weighted by atomic mass is 9.82. The molecule has 0 spiro atoms. The molecular formula is C30H33F3N4O4. The SMILES string of the molecule is CC(C)(C)OC(=O)N1CCC(c2nn(C(c3ccccc3)c3ccccc3)c3c2[C@@H](C(F)(F)F)[C@@H](O)C(=O)N3)CC1. The van der Waals surface area contributed by atoms with Crippen LogP contribution in [0.3, 0.4) is 0 Å². The van der Waals surface area contributed by atoms with Crippen molar-refractivity contribution in [1.82, 2.24) is 14.7 Å². The molecule has 3 heterocycles. The molecule has 1 fully saturated rings. The van der Waals surface area contributed by atoms with E-state index in [1.54, 1.807) is 25.7 Å². The van der Waals surface area contributed by atoms with Crippen LogP contribution >= 0.6 is 0 Å². The number of nitrogens with one attached hydrogen (secondary N) is 1. The molecule has 0 unspecified atom stereocenters. The molecule has 2 aliphatic rings. The number of fused-ring (bicyclic) bond motifs is 1. The lowest BCUT2D eigenvalue weighted by Crippen LogP contribution is -2.45. The summed E-state index contributed by atoms with van der Waals surface area (Å²) in [5.74, 6) is -4.09. The molecule has 2 aromatic carbocycles. The standard InChI is InChI=1S/C30H33F3N4O4/c1-29(2,3)41-28(40)36-16-14-18(15-17-36)23-21-22(30(31,32)33)25(38)27(39)34-26(21)37(35-23)24(19-10-6-4-7-11-19)20-12-8-5-9-13-20/h4-13,18,22,24-25,38H,14-17H2,1-3H3,(H,34,39)/t22-,25-/m1/s1. The van der Waals surface area contributed by atoms with Crippen LogP contribution in [0.4, 0.5) is 23.8 Å². The normalized spacial score (nSPS) is 20.1. The molecule has 1 aromatic heterocycles. The number of carbonyl (C=O) groups excluding carboxylic acids is 2. The monoisotopic (exact) mass is 570 g/mol. The summed E-state index contributed by atoms with van der Waals surface area (Å²) in [6, 6.07) is 17.8. The number of hydrogen-bond donors (Lipinski definition) is 2. The molecule has 0 bridgehead atoms. The van der Waals surface area contributed by atoms with Gasteiger partial charge in [-0.15, -0.1) is 0 Å². The van der Waals surface area contributed by atoms with E-state index in [9.17, 15) is 27.9 Å². The fraction of sp³-hybridized carbons (Fsp3) is 0.433. The number of aromatic nitrogens is 2. The summed E-state index contributed by atoms with van der Waals surface area (Å²) in [6.07, 6.45) is -7.00. The van der Waals surface area contributed by atoms with Crippen molar-refractivity contribution >= 4 is 17.8 Å². The predicted molar refractivity (Wildman–Crippen MR) is 146 cm³/mol. The minimum atomic E-state index is -4.90. The Kier molecular flexibility index (Phi) is 7.58. The van der Waals surface area contributed by atoms with Crippen molar-refractivity contribution in [3.8, 4) is 0 Å². The van der Waals surface area contributed by atoms with Crippen LogP contribution in [0.2, 0.25) is 0 Å². The first kappa shape index (κ1) is 28.7. The fourth-order valence-corrected chi connectivity index (χ4v) is 5.63. The lowest BCUT2D eigenvalue weighted by molar-refractivity contribution is -0.177. The number of aliphatic hydroxyl groups is 1. The molecule has 2 aliphatic heterocycles. The molecule has 218 valence electrons. The first-order valence-corrected chi connectivity index (χ1v) is 13.6. The van der Waals surface area contributed by atoms with Crippen LogP contribution in [-0.2, 0) is 9.53 Å². The maximum atomic E-state index is 14.5. The predicted octanol–water partition coefficient (Wildman–Crippen LogP) is 5.59. The summed E-state index contributed by atoms with van der Waals surface area (Å²) in [6.45, 7) is 5.84. The number of rotatable bonds is 4. The van der Waals surface area contributed by atoms with Crippen LogP contribution in [0.1, 0.15) is 73.9 Å². The minimum Gasteiger partial charge on any atom is -0.444 e. The maximum absolute atomic E-state index is 14.5. The van der Waals surface area contributed by atoms with E-state index in [1.165, 1.54) is 4.68 Å². The number of likely N-dealkylation sites (tertiary alicyclic amines) is 1. The van der Waals surface area contributed by atoms with Crippen molar-refractivity contribution in [3.63, 3.8) is 0 Å². The number of anilines is 1. The number of halogens is 3. The Labute approximate surface area is 236 Å². The highest BCUT2D eigenvalue weighted by molar-refractivity contribution is 5.97. The van der Waals surface area contributed by atoms with Gasteiger partial charge >= 0.3 is 12.3 Å². The summed E-state index contributed by atoms with van der Waals surface area (Å²) < 4.78 is 50.5. The number of amides is 2. The second-order valence-corrected chi connectivity index (χ2v) is 11.5. The van der Waals surface area contributed by atoms with Gasteiger partial charge in [0.2, 0.25) is 0 Å². The van der Waals surface area contributed by atoms with Crippen molar-refractivity contribution in [1.29, 1.82) is 0 Å². The van der Waals surface area contributed by atoms with Crippen molar-refractivity contribution < 1.29 is 32.6 Å². The number of nitrogens with zero attached hydrogens (tertiary/aromatic N) is 3. The summed E-state index contributed by atoms with van der Waals surface area (Å²) >= 11 is 0. The molecular weight excluding hydrogens is 537 g/mol. The summed E-state index contributed by atoms with van der Waals surface area (Å²) in [7, 11) is 0. The smallest absolute Gasteiger partial charge is 0.410 e. The first-order valence-electron chi connectivity index (χ1n) is 13.6. The van der Waals surface area contributed by atoms with Crippen LogP contribution in [0.15, 0.2) is 60.7 Å². The van der Waals surface area contributed by atoms with Crippen LogP contribution in [0.25, 0.3) is 0 Å². The van der Waals surface area contributed by atoms with Gasteiger partial charge in [-0.05, 0) is 44.7 Å². The van der Waals surface area contributed by atoms with Gasteiger partial charge in [-0.2, -0.15) is 18.3 Å². The first-order chi connectivity index (χ1) is 19.3. The Balaban J connectivity index is 1.62. The third-order valence-corrected chi connectivity index (χ3v) is 7.47. The maximum Gasteiger partial charge on any atom is 0.410 e. The number of aliphatic hydroxyl groups excluding tert-OH is 1. The van der Waals surface area contributed by atoms with Gasteiger partial charge in [0.1, 0.15) is 29.5 Å². The van der Waals surface area contributed by atoms with Crippen LogP contribution in [-0.4, -0.2) is 62.8 Å². The van der Waals surface area contributed by atoms with E-state index in [-0.39, 0.29) is 30.2 Å². The number of alkyl halides is 3. The van der Waals surface area contributed by atoms with Gasteiger partial charge in [-0.25, -0.2) is 9.48 Å². The van der Waals surface area contributed by atoms with Crippen molar-refractivity contribution in [2.75, 3.05) is 18.4 Å². The van der Waals surface area contributed by atoms with Gasteiger partial charge < -0.3 is 20.1 Å². The van der Waals surface area contributed by atoms with Crippen molar-refractivity contribution in [2.24, 2.45) is 0 Å². The van der Waals surface area contributed by atoms with E-state index < -0.39 is 47.8 Å². The number of ether oxygens (including phenoxy) is 1. The van der Waals surface area contributed by atoms with Crippen molar-refractivity contribution in [3.05, 3.63) is 83.0 Å². The Hall–Kier alpha value is -3.86. The van der Waals surface area contributed by atoms with Crippen LogP contribution in [0, 0.1) is 0 Å². The molecule has 0 saturated carbocycles. The Morgan fingerprint density at radius 3 is 2.02 bits per heavy atom. The molecule has 0 radical (unpaired) electrons.